The Hall–Kier alpha value is -2.65. The van der Waals surface area contributed by atoms with Crippen LogP contribution in [-0.2, 0) is 11.4 Å². The standard InChI is InChI=1S/C23H16BrIN2O3/c24-17-9-6-15(7-10-17)14-30-21-11-8-16(12-19(21)25)13-20-22(28)27(23(29)26-20)18-4-2-1-3-5-18/h1-13H,14H2,(H,26,29)/b20-13+. The number of benzene rings is 3. The van der Waals surface area contributed by atoms with Gasteiger partial charge in [-0.3, -0.25) is 4.79 Å². The normalized spacial score (nSPS) is 14.9. The number of halogens is 2. The lowest BCUT2D eigenvalue weighted by Crippen LogP contribution is -2.30. The molecule has 0 aromatic heterocycles. The maximum Gasteiger partial charge on any atom is 0.333 e. The molecule has 0 radical (unpaired) electrons. The van der Waals surface area contributed by atoms with Gasteiger partial charge in [0, 0.05) is 4.47 Å². The lowest BCUT2D eigenvalue weighted by molar-refractivity contribution is -0.113. The van der Waals surface area contributed by atoms with Crippen LogP contribution in [0.3, 0.4) is 0 Å². The molecule has 5 nitrogen and oxygen atoms in total. The summed E-state index contributed by atoms with van der Waals surface area (Å²) >= 11 is 5.62. The number of hydrogen-bond donors (Lipinski definition) is 1. The largest absolute Gasteiger partial charge is 0.488 e. The Labute approximate surface area is 196 Å². The summed E-state index contributed by atoms with van der Waals surface area (Å²) in [6.07, 6.45) is 1.67. The van der Waals surface area contributed by atoms with Gasteiger partial charge in [0.1, 0.15) is 18.1 Å². The summed E-state index contributed by atoms with van der Waals surface area (Å²) in [4.78, 5) is 26.1. The van der Waals surface area contributed by atoms with E-state index in [9.17, 15) is 9.59 Å². The predicted molar refractivity (Wildman–Crippen MR) is 128 cm³/mol. The predicted octanol–water partition coefficient (Wildman–Crippen LogP) is 5.73. The van der Waals surface area contributed by atoms with E-state index in [1.54, 1.807) is 30.3 Å². The number of para-hydroxylation sites is 1. The van der Waals surface area contributed by atoms with Crippen LogP contribution in [0.4, 0.5) is 10.5 Å². The number of imide groups is 1. The van der Waals surface area contributed by atoms with Gasteiger partial charge in [0.05, 0.1) is 9.26 Å². The molecule has 3 amide bonds. The van der Waals surface area contributed by atoms with Crippen LogP contribution in [0.1, 0.15) is 11.1 Å². The number of urea groups is 1. The molecular weight excluding hydrogens is 559 g/mol. The molecule has 30 heavy (non-hydrogen) atoms. The van der Waals surface area contributed by atoms with Crippen molar-refractivity contribution in [1.29, 1.82) is 0 Å². The van der Waals surface area contributed by atoms with Gasteiger partial charge in [-0.25, -0.2) is 9.69 Å². The van der Waals surface area contributed by atoms with E-state index in [1.165, 1.54) is 0 Å². The zero-order valence-corrected chi connectivity index (χ0v) is 19.4. The van der Waals surface area contributed by atoms with E-state index >= 15 is 0 Å². The number of nitrogens with zero attached hydrogens (tertiary/aromatic N) is 1. The summed E-state index contributed by atoms with van der Waals surface area (Å²) in [5.41, 5.74) is 2.65. The monoisotopic (exact) mass is 574 g/mol. The quantitative estimate of drug-likeness (QED) is 0.240. The molecule has 1 N–H and O–H groups in total. The molecule has 0 atom stereocenters. The third-order valence-corrected chi connectivity index (χ3v) is 5.84. The molecule has 0 aliphatic carbocycles. The lowest BCUT2D eigenvalue weighted by Gasteiger charge is -2.11. The molecule has 1 fully saturated rings. The number of carbonyl (C=O) groups is 2. The molecule has 150 valence electrons. The van der Waals surface area contributed by atoms with Crippen LogP contribution in [0.2, 0.25) is 0 Å². The average Bonchev–Trinajstić information content (AvgIpc) is 3.02. The molecule has 1 aliphatic heterocycles. The average molecular weight is 575 g/mol. The zero-order chi connectivity index (χ0) is 21.1. The third-order valence-electron chi connectivity index (χ3n) is 4.47. The summed E-state index contributed by atoms with van der Waals surface area (Å²) in [6.45, 7) is 0.463. The van der Waals surface area contributed by atoms with Crippen LogP contribution in [-0.4, -0.2) is 11.9 Å². The minimum Gasteiger partial charge on any atom is -0.488 e. The van der Waals surface area contributed by atoms with Gasteiger partial charge in [0.15, 0.2) is 0 Å². The van der Waals surface area contributed by atoms with Crippen LogP contribution < -0.4 is 15.0 Å². The van der Waals surface area contributed by atoms with Crippen LogP contribution in [0.15, 0.2) is 83.0 Å². The number of ether oxygens (including phenoxy) is 1. The van der Waals surface area contributed by atoms with Crippen LogP contribution in [0, 0.1) is 3.57 Å². The summed E-state index contributed by atoms with van der Waals surface area (Å²) in [5, 5.41) is 2.65. The fourth-order valence-corrected chi connectivity index (χ4v) is 3.94. The minimum atomic E-state index is -0.457. The molecular formula is C23H16BrIN2O3. The second kappa shape index (κ2) is 9.01. The van der Waals surface area contributed by atoms with Gasteiger partial charge < -0.3 is 10.1 Å². The highest BCUT2D eigenvalue weighted by atomic mass is 127. The van der Waals surface area contributed by atoms with Gasteiger partial charge in [-0.05, 0) is 76.2 Å². The summed E-state index contributed by atoms with van der Waals surface area (Å²) in [5.74, 6) is 0.380. The van der Waals surface area contributed by atoms with Crippen molar-refractivity contribution >= 4 is 62.2 Å². The van der Waals surface area contributed by atoms with Crippen molar-refractivity contribution in [3.8, 4) is 5.75 Å². The summed E-state index contributed by atoms with van der Waals surface area (Å²) in [6, 6.07) is 22.0. The Kier molecular flexibility index (Phi) is 6.19. The molecule has 1 aliphatic rings. The van der Waals surface area contributed by atoms with Gasteiger partial charge in [-0.2, -0.15) is 0 Å². The smallest absolute Gasteiger partial charge is 0.333 e. The third kappa shape index (κ3) is 4.57. The van der Waals surface area contributed by atoms with E-state index in [0.29, 0.717) is 12.3 Å². The molecule has 0 spiro atoms. The number of carbonyl (C=O) groups excluding carboxylic acids is 2. The molecule has 1 saturated heterocycles. The van der Waals surface area contributed by atoms with E-state index in [4.69, 9.17) is 4.74 Å². The summed E-state index contributed by atoms with van der Waals surface area (Å²) in [7, 11) is 0. The van der Waals surface area contributed by atoms with Crippen LogP contribution in [0.5, 0.6) is 5.75 Å². The topological polar surface area (TPSA) is 58.6 Å². The van der Waals surface area contributed by atoms with Crippen molar-refractivity contribution in [3.05, 3.63) is 97.7 Å². The first kappa shape index (κ1) is 20.6. The number of amides is 3. The SMILES string of the molecule is O=C1N/C(=C/c2ccc(OCc3ccc(Br)cc3)c(I)c2)C(=O)N1c1ccccc1. The first-order valence-electron chi connectivity index (χ1n) is 9.10. The first-order valence-corrected chi connectivity index (χ1v) is 11.0. The highest BCUT2D eigenvalue weighted by molar-refractivity contribution is 14.1. The van der Waals surface area contributed by atoms with Crippen LogP contribution >= 0.6 is 38.5 Å². The Balaban J connectivity index is 1.49. The Morgan fingerprint density at radius 2 is 1.73 bits per heavy atom. The number of anilines is 1. The van der Waals surface area contributed by atoms with E-state index in [2.05, 4.69) is 43.8 Å². The van der Waals surface area contributed by atoms with E-state index < -0.39 is 6.03 Å². The molecule has 3 aromatic carbocycles. The molecule has 0 bridgehead atoms. The Morgan fingerprint density at radius 3 is 2.43 bits per heavy atom. The van der Waals surface area contributed by atoms with Gasteiger partial charge in [-0.1, -0.05) is 52.3 Å². The molecule has 1 heterocycles. The van der Waals surface area contributed by atoms with Crippen molar-refractivity contribution in [2.45, 2.75) is 6.61 Å². The molecule has 7 heteroatoms. The van der Waals surface area contributed by atoms with Crippen molar-refractivity contribution in [2.24, 2.45) is 0 Å². The van der Waals surface area contributed by atoms with E-state index in [-0.39, 0.29) is 11.6 Å². The lowest BCUT2D eigenvalue weighted by atomic mass is 10.2. The maximum atomic E-state index is 12.7. The summed E-state index contributed by atoms with van der Waals surface area (Å²) < 4.78 is 7.85. The van der Waals surface area contributed by atoms with Gasteiger partial charge in [0.25, 0.3) is 5.91 Å². The number of nitrogens with one attached hydrogen (secondary N) is 1. The van der Waals surface area contributed by atoms with Crippen molar-refractivity contribution in [3.63, 3.8) is 0 Å². The van der Waals surface area contributed by atoms with E-state index in [1.807, 2.05) is 48.5 Å². The highest BCUT2D eigenvalue weighted by Gasteiger charge is 2.34. The molecule has 4 rings (SSSR count). The van der Waals surface area contributed by atoms with Crippen LogP contribution in [0.25, 0.3) is 6.08 Å². The van der Waals surface area contributed by atoms with Crippen molar-refractivity contribution < 1.29 is 14.3 Å². The van der Waals surface area contributed by atoms with Gasteiger partial charge in [-0.15, -0.1) is 0 Å². The highest BCUT2D eigenvalue weighted by Crippen LogP contribution is 2.26. The second-order valence-corrected chi connectivity index (χ2v) is 8.65. The van der Waals surface area contributed by atoms with Gasteiger partial charge >= 0.3 is 6.03 Å². The zero-order valence-electron chi connectivity index (χ0n) is 15.6. The molecule has 0 saturated carbocycles. The first-order chi connectivity index (χ1) is 14.5. The van der Waals surface area contributed by atoms with E-state index in [0.717, 1.165) is 29.8 Å². The molecule has 3 aromatic rings. The number of hydrogen-bond acceptors (Lipinski definition) is 3. The Morgan fingerprint density at radius 1 is 1.00 bits per heavy atom. The second-order valence-electron chi connectivity index (χ2n) is 6.57. The maximum absolute atomic E-state index is 12.7. The van der Waals surface area contributed by atoms with Gasteiger partial charge in [0.2, 0.25) is 0 Å². The minimum absolute atomic E-state index is 0.239. The van der Waals surface area contributed by atoms with Crippen molar-refractivity contribution in [1.82, 2.24) is 5.32 Å². The fraction of sp³-hybridized carbons (Fsp3) is 0.0435. The Bertz CT molecular complexity index is 1130. The fourth-order valence-electron chi connectivity index (χ4n) is 2.98. The number of rotatable bonds is 5. The molecule has 0 unspecified atom stereocenters. The van der Waals surface area contributed by atoms with Crippen molar-refractivity contribution in [2.75, 3.05) is 4.90 Å².